The Morgan fingerprint density at radius 3 is 2.88 bits per heavy atom. The lowest BCUT2D eigenvalue weighted by Gasteiger charge is -2.10. The van der Waals surface area contributed by atoms with Gasteiger partial charge in [-0.3, -0.25) is 0 Å². The van der Waals surface area contributed by atoms with E-state index in [4.69, 9.17) is 22.1 Å². The maximum Gasteiger partial charge on any atom is 0.244 e. The first kappa shape index (κ1) is 12.6. The second-order valence-corrected chi connectivity index (χ2v) is 6.07. The smallest absolute Gasteiger partial charge is 0.244 e. The quantitative estimate of drug-likeness (QED) is 0.843. The molecular formula is C10H13ClN2O3S. The van der Waals surface area contributed by atoms with Crippen molar-refractivity contribution in [2.75, 3.05) is 13.6 Å². The Bertz CT molecular complexity index is 545. The van der Waals surface area contributed by atoms with Crippen LogP contribution < -0.4 is 15.2 Å². The van der Waals surface area contributed by atoms with Gasteiger partial charge in [0, 0.05) is 23.6 Å². The van der Waals surface area contributed by atoms with Gasteiger partial charge in [0.2, 0.25) is 10.0 Å². The van der Waals surface area contributed by atoms with Crippen molar-refractivity contribution in [3.8, 4) is 5.75 Å². The highest BCUT2D eigenvalue weighted by Gasteiger charge is 2.29. The summed E-state index contributed by atoms with van der Waals surface area (Å²) in [5.74, 6) is 0.360. The summed E-state index contributed by atoms with van der Waals surface area (Å²) in [5.41, 5.74) is 6.30. The van der Waals surface area contributed by atoms with Crippen molar-refractivity contribution in [3.63, 3.8) is 0 Å². The van der Waals surface area contributed by atoms with Gasteiger partial charge in [-0.2, -0.15) is 0 Å². The highest BCUT2D eigenvalue weighted by molar-refractivity contribution is 7.89. The molecule has 5 nitrogen and oxygen atoms in total. The minimum absolute atomic E-state index is 0.0680. The van der Waals surface area contributed by atoms with E-state index in [1.165, 1.54) is 13.1 Å². The molecule has 1 unspecified atom stereocenters. The number of nitrogens with one attached hydrogen (secondary N) is 1. The van der Waals surface area contributed by atoms with E-state index in [-0.39, 0.29) is 11.0 Å². The highest BCUT2D eigenvalue weighted by Crippen LogP contribution is 2.37. The molecule has 0 amide bonds. The van der Waals surface area contributed by atoms with Gasteiger partial charge in [-0.1, -0.05) is 11.6 Å². The van der Waals surface area contributed by atoms with E-state index in [2.05, 4.69) is 4.72 Å². The van der Waals surface area contributed by atoms with E-state index < -0.39 is 10.0 Å². The predicted octanol–water partition coefficient (Wildman–Crippen LogP) is 0.510. The second-order valence-electron chi connectivity index (χ2n) is 3.78. The molecule has 0 spiro atoms. The largest absolute Gasteiger partial charge is 0.487 e. The van der Waals surface area contributed by atoms with Crippen LogP contribution in [0.2, 0.25) is 5.02 Å². The average molecular weight is 277 g/mol. The molecule has 7 heteroatoms. The maximum absolute atomic E-state index is 11.8. The molecule has 0 saturated carbocycles. The van der Waals surface area contributed by atoms with Gasteiger partial charge in [-0.05, 0) is 19.2 Å². The van der Waals surface area contributed by atoms with Crippen LogP contribution >= 0.6 is 11.6 Å². The fourth-order valence-electron chi connectivity index (χ4n) is 1.80. The Hall–Kier alpha value is -0.820. The number of fused-ring (bicyclic) bond motifs is 1. The third kappa shape index (κ3) is 2.26. The van der Waals surface area contributed by atoms with Gasteiger partial charge in [0.25, 0.3) is 0 Å². The number of benzene rings is 1. The van der Waals surface area contributed by atoms with Gasteiger partial charge < -0.3 is 10.5 Å². The Morgan fingerprint density at radius 1 is 1.59 bits per heavy atom. The second kappa shape index (κ2) is 4.45. The molecule has 0 aliphatic carbocycles. The third-order valence-corrected chi connectivity index (χ3v) is 4.29. The molecule has 0 bridgehead atoms. The molecule has 0 fully saturated rings. The molecule has 0 radical (unpaired) electrons. The molecule has 1 aromatic carbocycles. The van der Waals surface area contributed by atoms with E-state index in [1.807, 2.05) is 0 Å². The predicted molar refractivity (Wildman–Crippen MR) is 64.9 cm³/mol. The lowest BCUT2D eigenvalue weighted by Crippen LogP contribution is -2.25. The van der Waals surface area contributed by atoms with Gasteiger partial charge in [-0.15, -0.1) is 0 Å². The molecule has 1 atom stereocenters. The first-order valence-electron chi connectivity index (χ1n) is 5.10. The minimum Gasteiger partial charge on any atom is -0.487 e. The number of nitrogens with two attached hydrogens (primary N) is 1. The number of sulfonamides is 1. The Kier molecular flexibility index (Phi) is 3.31. The number of halogens is 1. The number of hydrogen-bond acceptors (Lipinski definition) is 4. The first-order chi connectivity index (χ1) is 7.97. The van der Waals surface area contributed by atoms with Crippen LogP contribution in [-0.4, -0.2) is 28.1 Å². The van der Waals surface area contributed by atoms with E-state index in [1.54, 1.807) is 6.07 Å². The van der Waals surface area contributed by atoms with E-state index in [0.29, 0.717) is 23.7 Å². The van der Waals surface area contributed by atoms with E-state index >= 15 is 0 Å². The van der Waals surface area contributed by atoms with Gasteiger partial charge in [0.15, 0.2) is 0 Å². The fourth-order valence-corrected chi connectivity index (χ4v) is 3.03. The molecule has 1 aliphatic heterocycles. The van der Waals surface area contributed by atoms with E-state index in [9.17, 15) is 8.42 Å². The summed E-state index contributed by atoms with van der Waals surface area (Å²) in [6.45, 7) is 0.339. The maximum atomic E-state index is 11.8. The Balaban J connectivity index is 2.57. The molecular weight excluding hydrogens is 264 g/mol. The lowest BCUT2D eigenvalue weighted by atomic mass is 10.1. The minimum atomic E-state index is -3.58. The molecule has 1 heterocycles. The number of rotatable bonds is 3. The molecule has 94 valence electrons. The van der Waals surface area contributed by atoms with Crippen LogP contribution in [0.15, 0.2) is 17.0 Å². The zero-order chi connectivity index (χ0) is 12.6. The summed E-state index contributed by atoms with van der Waals surface area (Å²) in [6.07, 6.45) is 0.396. The zero-order valence-electron chi connectivity index (χ0n) is 9.23. The summed E-state index contributed by atoms with van der Waals surface area (Å²) in [6, 6.07) is 3.09. The van der Waals surface area contributed by atoms with Crippen LogP contribution in [0.5, 0.6) is 5.75 Å². The standard InChI is InChI=1S/C10H13ClN2O3S/c1-13-17(14,15)9-4-7(11)2-6-3-8(5-12)16-10(6)9/h2,4,8,13H,3,5,12H2,1H3. The van der Waals surface area contributed by atoms with Crippen molar-refractivity contribution in [2.45, 2.75) is 17.4 Å². The molecule has 0 aromatic heterocycles. The average Bonchev–Trinajstić information content (AvgIpc) is 2.70. The van der Waals surface area contributed by atoms with Gasteiger partial charge in [-0.25, -0.2) is 13.1 Å². The van der Waals surface area contributed by atoms with Crippen molar-refractivity contribution in [1.82, 2.24) is 4.72 Å². The van der Waals surface area contributed by atoms with Gasteiger partial charge in [0.1, 0.15) is 16.7 Å². The first-order valence-corrected chi connectivity index (χ1v) is 6.96. The van der Waals surface area contributed by atoms with Crippen LogP contribution in [0.25, 0.3) is 0 Å². The summed E-state index contributed by atoms with van der Waals surface area (Å²) in [4.78, 5) is 0.0680. The van der Waals surface area contributed by atoms with Crippen molar-refractivity contribution >= 4 is 21.6 Å². The molecule has 17 heavy (non-hydrogen) atoms. The van der Waals surface area contributed by atoms with Crippen LogP contribution in [0.4, 0.5) is 0 Å². The van der Waals surface area contributed by atoms with Crippen molar-refractivity contribution < 1.29 is 13.2 Å². The number of ether oxygens (including phenoxy) is 1. The third-order valence-electron chi connectivity index (χ3n) is 2.65. The summed E-state index contributed by atoms with van der Waals surface area (Å²) in [7, 11) is -2.23. The summed E-state index contributed by atoms with van der Waals surface area (Å²) < 4.78 is 31.4. The highest BCUT2D eigenvalue weighted by atomic mass is 35.5. The van der Waals surface area contributed by atoms with Crippen molar-refractivity contribution in [3.05, 3.63) is 22.7 Å². The number of hydrogen-bond donors (Lipinski definition) is 2. The van der Waals surface area contributed by atoms with Gasteiger partial charge >= 0.3 is 0 Å². The zero-order valence-corrected chi connectivity index (χ0v) is 10.8. The molecule has 0 saturated heterocycles. The lowest BCUT2D eigenvalue weighted by molar-refractivity contribution is 0.236. The van der Waals surface area contributed by atoms with E-state index in [0.717, 1.165) is 5.56 Å². The van der Waals surface area contributed by atoms with Crippen LogP contribution in [0, 0.1) is 0 Å². The van der Waals surface area contributed by atoms with Crippen LogP contribution in [0.3, 0.4) is 0 Å². The summed E-state index contributed by atoms with van der Waals surface area (Å²) in [5, 5.41) is 0.374. The molecule has 3 N–H and O–H groups in total. The van der Waals surface area contributed by atoms with Crippen LogP contribution in [0.1, 0.15) is 5.56 Å². The summed E-state index contributed by atoms with van der Waals surface area (Å²) >= 11 is 5.90. The molecule has 1 aliphatic rings. The monoisotopic (exact) mass is 276 g/mol. The molecule has 1 aromatic rings. The SMILES string of the molecule is CNS(=O)(=O)c1cc(Cl)cc2c1OC(CN)C2. The topological polar surface area (TPSA) is 81.4 Å². The Labute approximate surface area is 105 Å². The van der Waals surface area contributed by atoms with Crippen molar-refractivity contribution in [1.29, 1.82) is 0 Å². The van der Waals surface area contributed by atoms with Gasteiger partial charge in [0.05, 0.1) is 0 Å². The van der Waals surface area contributed by atoms with Crippen LogP contribution in [-0.2, 0) is 16.4 Å². The fraction of sp³-hybridized carbons (Fsp3) is 0.400. The Morgan fingerprint density at radius 2 is 2.29 bits per heavy atom. The molecule has 2 rings (SSSR count). The normalized spacial score (nSPS) is 18.9. The van der Waals surface area contributed by atoms with Crippen molar-refractivity contribution in [2.24, 2.45) is 5.73 Å².